The second-order valence-electron chi connectivity index (χ2n) is 5.42. The molecule has 0 fully saturated rings. The first kappa shape index (κ1) is 17.5. The summed E-state index contributed by atoms with van der Waals surface area (Å²) in [5, 5.41) is 12.3. The average Bonchev–Trinajstić information content (AvgIpc) is 2.77. The van der Waals surface area contributed by atoms with Gasteiger partial charge in [-0.15, -0.1) is 10.2 Å². The van der Waals surface area contributed by atoms with Gasteiger partial charge in [0.15, 0.2) is 5.69 Å². The molecule has 0 unspecified atom stereocenters. The number of rotatable bonds is 2. The molecule has 2 aromatic carbocycles. The number of aromatic nitrogens is 3. The molecule has 1 aliphatic heterocycles. The van der Waals surface area contributed by atoms with Crippen LogP contribution >= 0.6 is 39.3 Å². The lowest BCUT2D eigenvalue weighted by Gasteiger charge is -2.20. The molecule has 0 saturated carbocycles. The highest BCUT2D eigenvalue weighted by molar-refractivity contribution is 9.10. The Balaban J connectivity index is 1.92. The molecule has 1 aliphatic rings. The molecule has 1 N–H and O–H groups in total. The molecule has 4 rings (SSSR count). The van der Waals surface area contributed by atoms with E-state index in [2.05, 4.69) is 36.4 Å². The van der Waals surface area contributed by atoms with Gasteiger partial charge in [0.05, 0.1) is 10.6 Å². The predicted molar refractivity (Wildman–Crippen MR) is 103 cm³/mol. The van der Waals surface area contributed by atoms with Crippen molar-refractivity contribution < 1.29 is 9.13 Å². The molecular formula is C17H11BrClFN4OS. The van der Waals surface area contributed by atoms with Gasteiger partial charge in [-0.2, -0.15) is 4.98 Å². The third-order valence-electron chi connectivity index (χ3n) is 3.83. The van der Waals surface area contributed by atoms with Crippen LogP contribution in [0.15, 0.2) is 46.0 Å². The zero-order chi connectivity index (χ0) is 18.3. The van der Waals surface area contributed by atoms with E-state index in [1.807, 2.05) is 24.5 Å². The summed E-state index contributed by atoms with van der Waals surface area (Å²) in [6, 6.07) is 10.1. The van der Waals surface area contributed by atoms with E-state index in [4.69, 9.17) is 16.3 Å². The fourth-order valence-electron chi connectivity index (χ4n) is 2.65. The summed E-state index contributed by atoms with van der Waals surface area (Å²) in [5.41, 5.74) is 2.14. The lowest BCUT2D eigenvalue weighted by molar-refractivity contribution is 0.220. The second kappa shape index (κ2) is 7.02. The Labute approximate surface area is 166 Å². The fourth-order valence-corrected chi connectivity index (χ4v) is 3.57. The Morgan fingerprint density at radius 3 is 2.88 bits per heavy atom. The van der Waals surface area contributed by atoms with Crippen molar-refractivity contribution in [2.24, 2.45) is 0 Å². The van der Waals surface area contributed by atoms with Gasteiger partial charge in [0, 0.05) is 15.7 Å². The van der Waals surface area contributed by atoms with E-state index >= 15 is 0 Å². The van der Waals surface area contributed by atoms with Crippen LogP contribution in [0, 0.1) is 5.82 Å². The van der Waals surface area contributed by atoms with Crippen molar-refractivity contribution >= 4 is 45.0 Å². The van der Waals surface area contributed by atoms with Crippen LogP contribution in [0.2, 0.25) is 5.02 Å². The highest BCUT2D eigenvalue weighted by Gasteiger charge is 2.29. The molecule has 0 spiro atoms. The Kier molecular flexibility index (Phi) is 4.73. The van der Waals surface area contributed by atoms with Gasteiger partial charge in [0.1, 0.15) is 5.82 Å². The zero-order valence-corrected chi connectivity index (χ0v) is 16.5. The summed E-state index contributed by atoms with van der Waals surface area (Å²) < 4.78 is 21.3. The van der Waals surface area contributed by atoms with E-state index in [0.29, 0.717) is 16.5 Å². The number of ether oxygens (including phenoxy) is 1. The van der Waals surface area contributed by atoms with Gasteiger partial charge in [-0.25, -0.2) is 4.39 Å². The van der Waals surface area contributed by atoms with Crippen LogP contribution in [-0.2, 0) is 0 Å². The van der Waals surface area contributed by atoms with Crippen LogP contribution in [0.5, 0.6) is 5.88 Å². The molecule has 1 aromatic heterocycles. The fraction of sp³-hybridized carbons (Fsp3) is 0.118. The molecule has 5 nitrogen and oxygen atoms in total. The van der Waals surface area contributed by atoms with Crippen LogP contribution in [0.3, 0.4) is 0 Å². The summed E-state index contributed by atoms with van der Waals surface area (Å²) in [6.45, 7) is 0. The van der Waals surface area contributed by atoms with E-state index in [-0.39, 0.29) is 16.5 Å². The van der Waals surface area contributed by atoms with Gasteiger partial charge in [-0.1, -0.05) is 45.4 Å². The number of thioether (sulfide) groups is 1. The van der Waals surface area contributed by atoms with E-state index in [0.717, 1.165) is 10.0 Å². The summed E-state index contributed by atoms with van der Waals surface area (Å²) >= 11 is 11.0. The second-order valence-corrected chi connectivity index (χ2v) is 7.52. The lowest BCUT2D eigenvalue weighted by Crippen LogP contribution is -2.19. The van der Waals surface area contributed by atoms with Gasteiger partial charge in [-0.3, -0.25) is 0 Å². The largest absolute Gasteiger partial charge is 0.448 e. The van der Waals surface area contributed by atoms with Crippen molar-refractivity contribution in [3.63, 3.8) is 0 Å². The molecule has 3 aromatic rings. The van der Waals surface area contributed by atoms with Crippen molar-refractivity contribution in [2.45, 2.75) is 11.4 Å². The molecular weight excluding hydrogens is 443 g/mol. The molecule has 0 radical (unpaired) electrons. The smallest absolute Gasteiger partial charge is 0.247 e. The van der Waals surface area contributed by atoms with Crippen molar-refractivity contribution in [1.82, 2.24) is 15.2 Å². The number of hydrogen-bond donors (Lipinski definition) is 1. The predicted octanol–water partition coefficient (Wildman–Crippen LogP) is 5.32. The van der Waals surface area contributed by atoms with E-state index < -0.39 is 12.0 Å². The highest BCUT2D eigenvalue weighted by Crippen LogP contribution is 2.42. The topological polar surface area (TPSA) is 59.9 Å². The van der Waals surface area contributed by atoms with Crippen LogP contribution in [0.4, 0.5) is 10.1 Å². The van der Waals surface area contributed by atoms with Gasteiger partial charge in [0.2, 0.25) is 17.3 Å². The monoisotopic (exact) mass is 452 g/mol. The number of nitrogens with zero attached hydrogens (tertiary/aromatic N) is 3. The molecule has 0 bridgehead atoms. The van der Waals surface area contributed by atoms with E-state index in [9.17, 15) is 4.39 Å². The van der Waals surface area contributed by atoms with E-state index in [1.165, 1.54) is 17.8 Å². The molecule has 9 heteroatoms. The van der Waals surface area contributed by atoms with E-state index in [1.54, 1.807) is 12.1 Å². The maximum atomic E-state index is 14.5. The standard InChI is InChI=1S/C17H11BrClFN4OS/c1-26-17-22-16-14(23-24-17)9-7-8(18)5-6-12(9)21-15(25-16)13-10(19)3-2-4-11(13)20/h2-7,15,21H,1H3/t15-/m1/s1. The number of nitrogens with one attached hydrogen (secondary N) is 1. The van der Waals surface area contributed by atoms with Crippen LogP contribution < -0.4 is 10.1 Å². The highest BCUT2D eigenvalue weighted by atomic mass is 79.9. The molecule has 26 heavy (non-hydrogen) atoms. The average molecular weight is 454 g/mol. The third kappa shape index (κ3) is 3.13. The minimum atomic E-state index is -0.865. The first-order chi connectivity index (χ1) is 12.6. The minimum absolute atomic E-state index is 0.209. The summed E-state index contributed by atoms with van der Waals surface area (Å²) in [6.07, 6.45) is 0.977. The number of fused-ring (bicyclic) bond motifs is 3. The van der Waals surface area contributed by atoms with Gasteiger partial charge >= 0.3 is 0 Å². The number of benzene rings is 2. The zero-order valence-electron chi connectivity index (χ0n) is 13.3. The number of hydrogen-bond acceptors (Lipinski definition) is 6. The molecule has 132 valence electrons. The van der Waals surface area contributed by atoms with Crippen molar-refractivity contribution in [3.8, 4) is 17.1 Å². The molecule has 1 atom stereocenters. The summed E-state index contributed by atoms with van der Waals surface area (Å²) in [5.74, 6) is -0.206. The first-order valence-electron chi connectivity index (χ1n) is 7.52. The maximum Gasteiger partial charge on any atom is 0.247 e. The Hall–Kier alpha value is -1.90. The van der Waals surface area contributed by atoms with Gasteiger partial charge in [-0.05, 0) is 36.6 Å². The third-order valence-corrected chi connectivity index (χ3v) is 5.19. The van der Waals surface area contributed by atoms with Crippen molar-refractivity contribution in [1.29, 1.82) is 0 Å². The Morgan fingerprint density at radius 1 is 1.27 bits per heavy atom. The van der Waals surface area contributed by atoms with Crippen molar-refractivity contribution in [3.05, 3.63) is 57.3 Å². The molecule has 2 heterocycles. The van der Waals surface area contributed by atoms with Crippen LogP contribution in [0.1, 0.15) is 11.8 Å². The summed E-state index contributed by atoms with van der Waals surface area (Å²) in [7, 11) is 0. The molecule has 0 amide bonds. The lowest BCUT2D eigenvalue weighted by atomic mass is 10.1. The molecule has 0 saturated heterocycles. The van der Waals surface area contributed by atoms with Crippen LogP contribution in [0.25, 0.3) is 11.3 Å². The first-order valence-corrected chi connectivity index (χ1v) is 9.92. The quantitative estimate of drug-likeness (QED) is 0.530. The number of anilines is 1. The summed E-state index contributed by atoms with van der Waals surface area (Å²) in [4.78, 5) is 4.40. The Bertz CT molecular complexity index is 986. The normalized spacial score (nSPS) is 15.3. The number of halogens is 3. The van der Waals surface area contributed by atoms with Gasteiger partial charge in [0.25, 0.3) is 0 Å². The maximum absolute atomic E-state index is 14.5. The molecule has 0 aliphatic carbocycles. The van der Waals surface area contributed by atoms with Crippen molar-refractivity contribution in [2.75, 3.05) is 11.6 Å². The van der Waals surface area contributed by atoms with Crippen LogP contribution in [-0.4, -0.2) is 21.4 Å². The van der Waals surface area contributed by atoms with Gasteiger partial charge < -0.3 is 10.1 Å². The Morgan fingerprint density at radius 2 is 2.12 bits per heavy atom. The SMILES string of the molecule is CSc1nnc2c(n1)O[C@H](c1c(F)cccc1Cl)Nc1ccc(Br)cc1-2. The minimum Gasteiger partial charge on any atom is -0.448 e.